The van der Waals surface area contributed by atoms with Gasteiger partial charge in [-0.05, 0) is 18.1 Å². The van der Waals surface area contributed by atoms with E-state index < -0.39 is 0 Å². The molecule has 0 bridgehead atoms. The largest absolute Gasteiger partial charge is 0.299 e. The minimum absolute atomic E-state index is 0.138. The highest BCUT2D eigenvalue weighted by atomic mass is 32.2. The minimum atomic E-state index is -0.342. The molecule has 9 heteroatoms. The van der Waals surface area contributed by atoms with Crippen molar-refractivity contribution in [3.63, 3.8) is 0 Å². The van der Waals surface area contributed by atoms with E-state index in [1.807, 2.05) is 30.3 Å². The van der Waals surface area contributed by atoms with Crippen molar-refractivity contribution in [1.29, 1.82) is 0 Å². The first kappa shape index (κ1) is 19.7. The molecule has 2 heterocycles. The Morgan fingerprint density at radius 2 is 2.07 bits per heavy atom. The summed E-state index contributed by atoms with van der Waals surface area (Å²) in [5.41, 5.74) is 0.913. The second-order valence-corrected chi connectivity index (χ2v) is 8.57. The Bertz CT molecular complexity index is 880. The number of thiocarbonyl (C=S) groups is 1. The van der Waals surface area contributed by atoms with Crippen LogP contribution in [-0.4, -0.2) is 37.8 Å². The lowest BCUT2D eigenvalue weighted by atomic mass is 10.2. The van der Waals surface area contributed by atoms with Crippen molar-refractivity contribution in [2.45, 2.75) is 26.2 Å². The van der Waals surface area contributed by atoms with E-state index in [4.69, 9.17) is 12.2 Å². The van der Waals surface area contributed by atoms with E-state index in [0.29, 0.717) is 14.4 Å². The van der Waals surface area contributed by atoms with Crippen LogP contribution >= 0.6 is 35.3 Å². The number of unbranched alkanes of at least 4 members (excludes halogenated alkanes) is 1. The van der Waals surface area contributed by atoms with Crippen molar-refractivity contribution in [3.05, 3.63) is 45.8 Å². The van der Waals surface area contributed by atoms with E-state index in [2.05, 4.69) is 22.4 Å². The summed E-state index contributed by atoms with van der Waals surface area (Å²) in [7, 11) is 0. The van der Waals surface area contributed by atoms with Crippen LogP contribution < -0.4 is 5.32 Å². The number of carbonyl (C=O) groups is 2. The molecule has 0 radical (unpaired) electrons. The molecule has 1 saturated heterocycles. The molecule has 1 aromatic heterocycles. The van der Waals surface area contributed by atoms with Crippen molar-refractivity contribution in [2.24, 2.45) is 0 Å². The lowest BCUT2D eigenvalue weighted by molar-refractivity contribution is -0.126. The number of benzene rings is 1. The molecule has 0 atom stereocenters. The van der Waals surface area contributed by atoms with Gasteiger partial charge >= 0.3 is 0 Å². The fourth-order valence-corrected chi connectivity index (χ4v) is 4.43. The van der Waals surface area contributed by atoms with E-state index in [1.54, 1.807) is 6.08 Å². The quantitative estimate of drug-likeness (QED) is 0.546. The average molecular weight is 419 g/mol. The number of nitrogens with one attached hydrogen (secondary N) is 1. The molecule has 3 rings (SSSR count). The standard InChI is InChI=1S/C18H18N4O2S3/c1-2-3-9-15-20-21-17(27-15)19-14(23)11-22-16(24)13(26-18(22)25)10-12-7-5-4-6-8-12/h4-8,10H,2-3,9,11H2,1H3,(H,19,21,23). The number of carbonyl (C=O) groups excluding carboxylic acids is 2. The fraction of sp³-hybridized carbons (Fsp3) is 0.278. The van der Waals surface area contributed by atoms with E-state index in [1.165, 1.54) is 28.0 Å². The molecular formula is C18H18N4O2S3. The lowest BCUT2D eigenvalue weighted by Gasteiger charge is -2.13. The van der Waals surface area contributed by atoms with Gasteiger partial charge in [0.2, 0.25) is 11.0 Å². The zero-order valence-electron chi connectivity index (χ0n) is 14.7. The lowest BCUT2D eigenvalue weighted by Crippen LogP contribution is -2.36. The van der Waals surface area contributed by atoms with Crippen LogP contribution in [0.1, 0.15) is 30.3 Å². The number of anilines is 1. The third-order valence-corrected chi connectivity index (χ3v) is 6.01. The number of hydrogen-bond acceptors (Lipinski definition) is 7. The molecule has 0 spiro atoms. The van der Waals surface area contributed by atoms with Crippen molar-refractivity contribution < 1.29 is 9.59 Å². The van der Waals surface area contributed by atoms with Crippen LogP contribution in [-0.2, 0) is 16.0 Å². The van der Waals surface area contributed by atoms with E-state index >= 15 is 0 Å². The van der Waals surface area contributed by atoms with Crippen LogP contribution in [0.4, 0.5) is 5.13 Å². The third-order valence-electron chi connectivity index (χ3n) is 3.73. The number of thioether (sulfide) groups is 1. The van der Waals surface area contributed by atoms with Crippen LogP contribution in [0.2, 0.25) is 0 Å². The molecule has 0 saturated carbocycles. The highest BCUT2D eigenvalue weighted by Gasteiger charge is 2.33. The van der Waals surface area contributed by atoms with Crippen LogP contribution in [0.15, 0.2) is 35.2 Å². The van der Waals surface area contributed by atoms with Gasteiger partial charge in [-0.3, -0.25) is 19.8 Å². The highest BCUT2D eigenvalue weighted by molar-refractivity contribution is 8.26. The van der Waals surface area contributed by atoms with Gasteiger partial charge < -0.3 is 0 Å². The number of amides is 2. The van der Waals surface area contributed by atoms with Gasteiger partial charge in [0.25, 0.3) is 5.91 Å². The molecule has 0 unspecified atom stereocenters. The molecule has 1 aliphatic rings. The summed E-state index contributed by atoms with van der Waals surface area (Å²) in [6, 6.07) is 9.53. The summed E-state index contributed by atoms with van der Waals surface area (Å²) in [4.78, 5) is 26.7. The van der Waals surface area contributed by atoms with Gasteiger partial charge in [-0.15, -0.1) is 10.2 Å². The van der Waals surface area contributed by atoms with Gasteiger partial charge in [-0.25, -0.2) is 0 Å². The van der Waals surface area contributed by atoms with Gasteiger partial charge in [0, 0.05) is 6.42 Å². The fourth-order valence-electron chi connectivity index (χ4n) is 2.37. The number of aromatic nitrogens is 2. The van der Waals surface area contributed by atoms with Crippen molar-refractivity contribution >= 4 is 62.7 Å². The zero-order chi connectivity index (χ0) is 19.2. The van der Waals surface area contributed by atoms with Gasteiger partial charge in [0.1, 0.15) is 15.9 Å². The Labute approximate surface area is 171 Å². The molecule has 2 aromatic rings. The van der Waals surface area contributed by atoms with Crippen molar-refractivity contribution in [2.75, 3.05) is 11.9 Å². The predicted molar refractivity (Wildman–Crippen MR) is 113 cm³/mol. The maximum Gasteiger partial charge on any atom is 0.266 e. The Morgan fingerprint density at radius 1 is 1.30 bits per heavy atom. The molecule has 2 amide bonds. The Morgan fingerprint density at radius 3 is 2.81 bits per heavy atom. The van der Waals surface area contributed by atoms with Crippen LogP contribution in [0.5, 0.6) is 0 Å². The molecule has 140 valence electrons. The second-order valence-electron chi connectivity index (χ2n) is 5.83. The van der Waals surface area contributed by atoms with Crippen LogP contribution in [0, 0.1) is 0 Å². The zero-order valence-corrected chi connectivity index (χ0v) is 17.1. The summed E-state index contributed by atoms with van der Waals surface area (Å²) in [6.07, 6.45) is 4.74. The first-order chi connectivity index (χ1) is 13.1. The topological polar surface area (TPSA) is 75.2 Å². The van der Waals surface area contributed by atoms with Gasteiger partial charge in [0.15, 0.2) is 0 Å². The number of aryl methyl sites for hydroxylation is 1. The van der Waals surface area contributed by atoms with Crippen molar-refractivity contribution in [3.8, 4) is 0 Å². The number of hydrogen-bond donors (Lipinski definition) is 1. The summed E-state index contributed by atoms with van der Waals surface area (Å²) in [5, 5.41) is 12.1. The molecule has 1 aromatic carbocycles. The molecule has 1 fully saturated rings. The molecule has 1 N–H and O–H groups in total. The number of nitrogens with zero attached hydrogens (tertiary/aromatic N) is 3. The average Bonchev–Trinajstić information content (AvgIpc) is 3.20. The molecule has 1 aliphatic heterocycles. The Kier molecular flexibility index (Phi) is 6.70. The Balaban J connectivity index is 1.60. The first-order valence-electron chi connectivity index (χ1n) is 8.49. The van der Waals surface area contributed by atoms with Crippen LogP contribution in [0.25, 0.3) is 6.08 Å². The van der Waals surface area contributed by atoms with Crippen molar-refractivity contribution in [1.82, 2.24) is 15.1 Å². The molecule has 6 nitrogen and oxygen atoms in total. The van der Waals surface area contributed by atoms with E-state index in [0.717, 1.165) is 29.8 Å². The monoisotopic (exact) mass is 418 g/mol. The minimum Gasteiger partial charge on any atom is -0.299 e. The van der Waals surface area contributed by atoms with Gasteiger partial charge in [-0.2, -0.15) is 0 Å². The number of rotatable bonds is 7. The normalized spacial score (nSPS) is 15.6. The highest BCUT2D eigenvalue weighted by Crippen LogP contribution is 2.32. The second kappa shape index (κ2) is 9.20. The molecule has 27 heavy (non-hydrogen) atoms. The molecule has 0 aliphatic carbocycles. The summed E-state index contributed by atoms with van der Waals surface area (Å²) in [6.45, 7) is 1.97. The van der Waals surface area contributed by atoms with Crippen LogP contribution in [0.3, 0.4) is 0 Å². The van der Waals surface area contributed by atoms with Gasteiger partial charge in [0.05, 0.1) is 4.91 Å². The summed E-state index contributed by atoms with van der Waals surface area (Å²) < 4.78 is 0.373. The van der Waals surface area contributed by atoms with E-state index in [-0.39, 0.29) is 18.4 Å². The smallest absolute Gasteiger partial charge is 0.266 e. The maximum atomic E-state index is 12.6. The maximum absolute atomic E-state index is 12.6. The third kappa shape index (κ3) is 5.21. The Hall–Kier alpha value is -2.10. The SMILES string of the molecule is CCCCc1nnc(NC(=O)CN2C(=O)C(=Cc3ccccc3)SC2=S)s1. The van der Waals surface area contributed by atoms with E-state index in [9.17, 15) is 9.59 Å². The predicted octanol–water partition coefficient (Wildman–Crippen LogP) is 3.72. The van der Waals surface area contributed by atoms with Gasteiger partial charge in [-0.1, -0.05) is 79.0 Å². The first-order valence-corrected chi connectivity index (χ1v) is 10.5. The molecular weight excluding hydrogens is 400 g/mol. The summed E-state index contributed by atoms with van der Waals surface area (Å²) >= 11 is 7.83. The summed E-state index contributed by atoms with van der Waals surface area (Å²) in [5.74, 6) is -0.602.